The summed E-state index contributed by atoms with van der Waals surface area (Å²) in [5, 5.41) is 0. The van der Waals surface area contributed by atoms with Gasteiger partial charge in [0.15, 0.2) is 0 Å². The fraction of sp³-hybridized carbons (Fsp3) is 0.0270. The maximum Gasteiger partial charge on any atom is 0.0122 e. The summed E-state index contributed by atoms with van der Waals surface area (Å²) in [6, 6.07) is 52.8. The average molecular weight is 503 g/mol. The maximum atomic E-state index is 2.43. The molecule has 0 aliphatic heterocycles. The largest absolute Gasteiger partial charge is 0.0901 e. The highest BCUT2D eigenvalue weighted by atomic mass is 32.2. The van der Waals surface area contributed by atoms with Crippen molar-refractivity contribution >= 4 is 11.8 Å². The minimum absolute atomic E-state index is 0.955. The van der Waals surface area contributed by atoms with Crippen molar-refractivity contribution in [2.24, 2.45) is 0 Å². The van der Waals surface area contributed by atoms with E-state index in [1.54, 1.807) is 0 Å². The minimum atomic E-state index is 0.955. The molecule has 1 aliphatic carbocycles. The molecule has 0 unspecified atom stereocenters. The summed E-state index contributed by atoms with van der Waals surface area (Å²) in [7, 11) is 0. The van der Waals surface area contributed by atoms with Gasteiger partial charge in [0.25, 0.3) is 0 Å². The molecule has 0 fully saturated rings. The molecule has 1 aliphatic rings. The van der Waals surface area contributed by atoms with Gasteiger partial charge in [-0.05, 0) is 92.4 Å². The zero-order valence-corrected chi connectivity index (χ0v) is 21.8. The molecule has 6 aromatic carbocycles. The van der Waals surface area contributed by atoms with E-state index in [0.29, 0.717) is 0 Å². The molecule has 180 valence electrons. The van der Waals surface area contributed by atoms with Crippen LogP contribution in [0.2, 0.25) is 0 Å². The molecule has 6 aromatic rings. The van der Waals surface area contributed by atoms with E-state index >= 15 is 0 Å². The summed E-state index contributed by atoms with van der Waals surface area (Å²) in [6.45, 7) is 0. The van der Waals surface area contributed by atoms with Gasteiger partial charge in [-0.3, -0.25) is 0 Å². The second-order valence-electron chi connectivity index (χ2n) is 9.71. The third-order valence-electron chi connectivity index (χ3n) is 7.38. The number of hydrogen-bond acceptors (Lipinski definition) is 1. The van der Waals surface area contributed by atoms with E-state index in [2.05, 4.69) is 146 Å². The molecule has 7 rings (SSSR count). The van der Waals surface area contributed by atoms with Gasteiger partial charge in [0, 0.05) is 9.79 Å². The third-order valence-corrected chi connectivity index (χ3v) is 8.39. The van der Waals surface area contributed by atoms with Crippen molar-refractivity contribution in [3.8, 4) is 44.5 Å². The Morgan fingerprint density at radius 3 is 1.66 bits per heavy atom. The Balaban J connectivity index is 1.47. The quantitative estimate of drug-likeness (QED) is 0.226. The molecule has 0 radical (unpaired) electrons. The minimum Gasteiger partial charge on any atom is -0.0901 e. The fourth-order valence-corrected chi connectivity index (χ4v) is 6.50. The van der Waals surface area contributed by atoms with Crippen LogP contribution >= 0.6 is 11.8 Å². The second-order valence-corrected chi connectivity index (χ2v) is 10.9. The van der Waals surface area contributed by atoms with Crippen molar-refractivity contribution in [2.75, 3.05) is 0 Å². The summed E-state index contributed by atoms with van der Waals surface area (Å²) in [5.41, 5.74) is 13.3. The van der Waals surface area contributed by atoms with Gasteiger partial charge in [-0.25, -0.2) is 0 Å². The Labute approximate surface area is 228 Å². The van der Waals surface area contributed by atoms with Crippen LogP contribution in [0.3, 0.4) is 0 Å². The Bertz CT molecular complexity index is 1720. The molecule has 38 heavy (non-hydrogen) atoms. The summed E-state index contributed by atoms with van der Waals surface area (Å²) < 4.78 is 0. The molecule has 0 bridgehead atoms. The lowest BCUT2D eigenvalue weighted by molar-refractivity contribution is 1.26. The van der Waals surface area contributed by atoms with Crippen LogP contribution in [0.4, 0.5) is 0 Å². The van der Waals surface area contributed by atoms with E-state index in [1.807, 2.05) is 11.8 Å². The number of hydrogen-bond donors (Lipinski definition) is 0. The molecule has 0 saturated heterocycles. The van der Waals surface area contributed by atoms with Gasteiger partial charge in [-0.1, -0.05) is 127 Å². The molecule has 0 heterocycles. The topological polar surface area (TPSA) is 0 Å². The van der Waals surface area contributed by atoms with Gasteiger partial charge in [0.1, 0.15) is 0 Å². The van der Waals surface area contributed by atoms with Crippen LogP contribution in [0.5, 0.6) is 0 Å². The SMILES string of the molecule is c1ccc(Sc2ccc(-c3c4c(cc(-c5ccccc5)c3-c3ccccc3)-c3ccccc3C4)cc2)cc1. The summed E-state index contributed by atoms with van der Waals surface area (Å²) in [4.78, 5) is 2.51. The van der Waals surface area contributed by atoms with Crippen molar-refractivity contribution < 1.29 is 0 Å². The van der Waals surface area contributed by atoms with Gasteiger partial charge >= 0.3 is 0 Å². The second kappa shape index (κ2) is 9.85. The fourth-order valence-electron chi connectivity index (χ4n) is 5.66. The molecular weight excluding hydrogens is 476 g/mol. The van der Waals surface area contributed by atoms with Crippen LogP contribution in [0.25, 0.3) is 44.5 Å². The lowest BCUT2D eigenvalue weighted by atomic mass is 9.82. The van der Waals surface area contributed by atoms with E-state index in [-0.39, 0.29) is 0 Å². The standard InChI is InChI=1S/C37H26S/c1-4-12-26(13-5-1)33-25-34-32-19-11-10-16-29(32)24-35(34)37(36(33)27-14-6-2-7-15-27)28-20-22-31(23-21-28)38-30-17-8-3-9-18-30/h1-23,25H,24H2. The van der Waals surface area contributed by atoms with Crippen molar-refractivity contribution in [3.05, 3.63) is 157 Å². The number of fused-ring (bicyclic) bond motifs is 3. The highest BCUT2D eigenvalue weighted by Crippen LogP contribution is 2.50. The summed E-state index contributed by atoms with van der Waals surface area (Å²) >= 11 is 1.81. The molecule has 0 amide bonds. The molecular formula is C37H26S. The highest BCUT2D eigenvalue weighted by molar-refractivity contribution is 7.99. The van der Waals surface area contributed by atoms with Crippen LogP contribution in [0.15, 0.2) is 155 Å². The van der Waals surface area contributed by atoms with Crippen molar-refractivity contribution in [1.29, 1.82) is 0 Å². The molecule has 0 spiro atoms. The summed E-state index contributed by atoms with van der Waals surface area (Å²) in [5.74, 6) is 0. The first-order chi connectivity index (χ1) is 18.8. The molecule has 0 N–H and O–H groups in total. The van der Waals surface area contributed by atoms with E-state index in [9.17, 15) is 0 Å². The monoisotopic (exact) mass is 502 g/mol. The lowest BCUT2D eigenvalue weighted by Crippen LogP contribution is -1.97. The Morgan fingerprint density at radius 2 is 0.947 bits per heavy atom. The Morgan fingerprint density at radius 1 is 0.395 bits per heavy atom. The van der Waals surface area contributed by atoms with Gasteiger partial charge in [-0.2, -0.15) is 0 Å². The average Bonchev–Trinajstić information content (AvgIpc) is 3.36. The smallest absolute Gasteiger partial charge is 0.0122 e. The molecule has 0 saturated carbocycles. The van der Waals surface area contributed by atoms with E-state index in [1.165, 1.54) is 65.4 Å². The lowest BCUT2D eigenvalue weighted by Gasteiger charge is -2.21. The Kier molecular flexibility index (Phi) is 5.92. The van der Waals surface area contributed by atoms with Gasteiger partial charge in [0.2, 0.25) is 0 Å². The van der Waals surface area contributed by atoms with Crippen molar-refractivity contribution in [1.82, 2.24) is 0 Å². The summed E-state index contributed by atoms with van der Waals surface area (Å²) in [6.07, 6.45) is 0.955. The van der Waals surface area contributed by atoms with Crippen LogP contribution in [0.1, 0.15) is 11.1 Å². The maximum absolute atomic E-state index is 2.43. The van der Waals surface area contributed by atoms with E-state index in [0.717, 1.165) is 6.42 Å². The van der Waals surface area contributed by atoms with E-state index < -0.39 is 0 Å². The zero-order valence-electron chi connectivity index (χ0n) is 21.0. The third kappa shape index (κ3) is 4.16. The van der Waals surface area contributed by atoms with Crippen molar-refractivity contribution in [2.45, 2.75) is 16.2 Å². The Hall–Kier alpha value is -4.33. The number of benzene rings is 6. The number of rotatable bonds is 5. The first kappa shape index (κ1) is 22.8. The first-order valence-corrected chi connectivity index (χ1v) is 13.9. The normalized spacial score (nSPS) is 11.7. The van der Waals surface area contributed by atoms with Crippen molar-refractivity contribution in [3.63, 3.8) is 0 Å². The first-order valence-electron chi connectivity index (χ1n) is 13.1. The zero-order chi connectivity index (χ0) is 25.3. The molecule has 0 aromatic heterocycles. The van der Waals surface area contributed by atoms with Crippen LogP contribution in [0, 0.1) is 0 Å². The van der Waals surface area contributed by atoms with Crippen LogP contribution in [-0.2, 0) is 6.42 Å². The van der Waals surface area contributed by atoms with Crippen LogP contribution in [-0.4, -0.2) is 0 Å². The molecule has 0 nitrogen and oxygen atoms in total. The van der Waals surface area contributed by atoms with Crippen LogP contribution < -0.4 is 0 Å². The molecule has 1 heteroatoms. The molecule has 0 atom stereocenters. The van der Waals surface area contributed by atoms with E-state index in [4.69, 9.17) is 0 Å². The predicted octanol–water partition coefficient (Wildman–Crippen LogP) is 10.4. The predicted molar refractivity (Wildman–Crippen MR) is 162 cm³/mol. The van der Waals surface area contributed by atoms with Gasteiger partial charge in [-0.15, -0.1) is 0 Å². The van der Waals surface area contributed by atoms with Gasteiger partial charge < -0.3 is 0 Å². The highest BCUT2D eigenvalue weighted by Gasteiger charge is 2.27. The van der Waals surface area contributed by atoms with Gasteiger partial charge in [0.05, 0.1) is 0 Å².